The summed E-state index contributed by atoms with van der Waals surface area (Å²) < 4.78 is 42.8. The van der Waals surface area contributed by atoms with Crippen LogP contribution in [-0.2, 0) is 15.9 Å². The van der Waals surface area contributed by atoms with Crippen molar-refractivity contribution in [3.63, 3.8) is 0 Å². The molecule has 0 amide bonds. The molecule has 0 spiro atoms. The van der Waals surface area contributed by atoms with Crippen molar-refractivity contribution in [3.8, 4) is 5.75 Å². The van der Waals surface area contributed by atoms with Gasteiger partial charge in [0.1, 0.15) is 11.4 Å². The van der Waals surface area contributed by atoms with Gasteiger partial charge in [0.15, 0.2) is 11.6 Å². The molecular weight excluding hydrogens is 406 g/mol. The first-order valence-corrected chi connectivity index (χ1v) is 8.51. The van der Waals surface area contributed by atoms with E-state index in [-0.39, 0.29) is 35.6 Å². The van der Waals surface area contributed by atoms with Gasteiger partial charge < -0.3 is 19.5 Å². The highest BCUT2D eigenvalue weighted by Gasteiger charge is 2.24. The van der Waals surface area contributed by atoms with E-state index in [1.165, 1.54) is 13.1 Å². The van der Waals surface area contributed by atoms with Gasteiger partial charge in [-0.05, 0) is 17.7 Å². The lowest BCUT2D eigenvalue weighted by Gasteiger charge is -2.13. The van der Waals surface area contributed by atoms with Crippen LogP contribution in [-0.4, -0.2) is 44.7 Å². The standard InChI is InChI=1S/C19H18F2N2O7/c1-22-15-9-17(14(21)7-11(15)18(24)28-2)30-5-4-10-6-16(23(26)27)12(8-13(10)20)19(25)29-3/h6-9,22H,4-5H2,1-3H3. The van der Waals surface area contributed by atoms with Gasteiger partial charge in [-0.1, -0.05) is 0 Å². The second-order valence-electron chi connectivity index (χ2n) is 5.88. The van der Waals surface area contributed by atoms with Gasteiger partial charge in [0.05, 0.1) is 37.0 Å². The maximum Gasteiger partial charge on any atom is 0.344 e. The molecule has 160 valence electrons. The molecule has 0 aliphatic heterocycles. The number of nitro groups is 1. The minimum atomic E-state index is -1.05. The zero-order valence-electron chi connectivity index (χ0n) is 16.3. The van der Waals surface area contributed by atoms with Crippen LogP contribution in [0.25, 0.3) is 0 Å². The molecule has 0 aliphatic rings. The molecule has 2 aromatic rings. The van der Waals surface area contributed by atoms with E-state index in [9.17, 15) is 28.5 Å². The number of carbonyl (C=O) groups excluding carboxylic acids is 2. The van der Waals surface area contributed by atoms with Crippen molar-refractivity contribution in [3.05, 3.63) is 62.7 Å². The number of ether oxygens (including phenoxy) is 3. The third-order valence-corrected chi connectivity index (χ3v) is 4.14. The molecule has 0 radical (unpaired) electrons. The van der Waals surface area contributed by atoms with Gasteiger partial charge in [-0.3, -0.25) is 10.1 Å². The van der Waals surface area contributed by atoms with Gasteiger partial charge in [0.2, 0.25) is 0 Å². The van der Waals surface area contributed by atoms with Gasteiger partial charge >= 0.3 is 11.9 Å². The molecule has 0 bridgehead atoms. The molecule has 11 heteroatoms. The lowest BCUT2D eigenvalue weighted by Crippen LogP contribution is -2.11. The van der Waals surface area contributed by atoms with Crippen molar-refractivity contribution in [2.75, 3.05) is 33.2 Å². The van der Waals surface area contributed by atoms with Crippen LogP contribution in [0.1, 0.15) is 26.3 Å². The van der Waals surface area contributed by atoms with Crippen LogP contribution >= 0.6 is 0 Å². The van der Waals surface area contributed by atoms with Gasteiger partial charge in [0, 0.05) is 25.6 Å². The second kappa shape index (κ2) is 9.63. The number of esters is 2. The fourth-order valence-corrected chi connectivity index (χ4v) is 2.64. The first-order chi connectivity index (χ1) is 14.2. The fourth-order valence-electron chi connectivity index (χ4n) is 2.64. The lowest BCUT2D eigenvalue weighted by atomic mass is 10.1. The third kappa shape index (κ3) is 4.80. The van der Waals surface area contributed by atoms with E-state index < -0.39 is 39.7 Å². The van der Waals surface area contributed by atoms with Crippen LogP contribution < -0.4 is 10.1 Å². The fraction of sp³-hybridized carbons (Fsp3) is 0.263. The number of benzene rings is 2. The van der Waals surface area contributed by atoms with E-state index in [0.717, 1.165) is 26.4 Å². The summed E-state index contributed by atoms with van der Waals surface area (Å²) in [5.74, 6) is -3.72. The molecule has 1 N–H and O–H groups in total. The zero-order chi connectivity index (χ0) is 22.4. The van der Waals surface area contributed by atoms with Crippen molar-refractivity contribution < 1.29 is 37.5 Å². The molecular formula is C19H18F2N2O7. The monoisotopic (exact) mass is 424 g/mol. The minimum Gasteiger partial charge on any atom is -0.490 e. The first kappa shape index (κ1) is 22.5. The number of hydrogen-bond donors (Lipinski definition) is 1. The highest BCUT2D eigenvalue weighted by Crippen LogP contribution is 2.28. The highest BCUT2D eigenvalue weighted by molar-refractivity contribution is 5.96. The molecule has 0 fully saturated rings. The summed E-state index contributed by atoms with van der Waals surface area (Å²) in [4.78, 5) is 33.6. The van der Waals surface area contributed by atoms with Crippen LogP contribution in [0.4, 0.5) is 20.2 Å². The summed E-state index contributed by atoms with van der Waals surface area (Å²) in [7, 11) is 3.69. The summed E-state index contributed by atoms with van der Waals surface area (Å²) in [6.45, 7) is -0.233. The molecule has 0 saturated heterocycles. The summed E-state index contributed by atoms with van der Waals surface area (Å²) in [6, 6.07) is 3.79. The number of methoxy groups -OCH3 is 2. The Kier molecular flexibility index (Phi) is 7.23. The Labute approximate surface area is 169 Å². The van der Waals surface area contributed by atoms with Gasteiger partial charge in [-0.15, -0.1) is 0 Å². The van der Waals surface area contributed by atoms with E-state index in [1.54, 1.807) is 0 Å². The van der Waals surface area contributed by atoms with E-state index in [0.29, 0.717) is 6.07 Å². The van der Waals surface area contributed by atoms with Gasteiger partial charge in [0.25, 0.3) is 5.69 Å². The molecule has 9 nitrogen and oxygen atoms in total. The molecule has 0 heterocycles. The van der Waals surface area contributed by atoms with E-state index in [1.807, 2.05) is 0 Å². The van der Waals surface area contributed by atoms with E-state index >= 15 is 0 Å². The topological polar surface area (TPSA) is 117 Å². The number of carbonyl (C=O) groups is 2. The number of anilines is 1. The maximum absolute atomic E-state index is 14.3. The van der Waals surface area contributed by atoms with Crippen molar-refractivity contribution in [1.29, 1.82) is 0 Å². The average Bonchev–Trinajstić information content (AvgIpc) is 2.73. The lowest BCUT2D eigenvalue weighted by molar-refractivity contribution is -0.385. The number of nitro benzene ring substituents is 1. The van der Waals surface area contributed by atoms with Crippen LogP contribution in [0.15, 0.2) is 24.3 Å². The normalized spacial score (nSPS) is 10.3. The van der Waals surface area contributed by atoms with Crippen molar-refractivity contribution in [2.24, 2.45) is 0 Å². The molecule has 2 rings (SSSR count). The number of hydrogen-bond acceptors (Lipinski definition) is 8. The van der Waals surface area contributed by atoms with Gasteiger partial charge in [-0.25, -0.2) is 18.4 Å². The maximum atomic E-state index is 14.3. The predicted octanol–water partition coefficient (Wildman–Crippen LogP) is 3.11. The SMILES string of the molecule is CNc1cc(OCCc2cc([N+](=O)[O-])c(C(=O)OC)cc2F)c(F)cc1C(=O)OC. The van der Waals surface area contributed by atoms with E-state index in [2.05, 4.69) is 14.8 Å². The number of halogens is 2. The molecule has 0 saturated carbocycles. The molecule has 0 atom stereocenters. The Bertz CT molecular complexity index is 995. The molecule has 0 aliphatic carbocycles. The average molecular weight is 424 g/mol. The van der Waals surface area contributed by atoms with Crippen LogP contribution in [0, 0.1) is 21.7 Å². The Hall–Kier alpha value is -3.76. The molecule has 0 aromatic heterocycles. The van der Waals surface area contributed by atoms with Crippen molar-refractivity contribution >= 4 is 23.3 Å². The smallest absolute Gasteiger partial charge is 0.344 e. The summed E-state index contributed by atoms with van der Waals surface area (Å²) in [6.07, 6.45) is -0.152. The third-order valence-electron chi connectivity index (χ3n) is 4.14. The van der Waals surface area contributed by atoms with Crippen molar-refractivity contribution in [1.82, 2.24) is 0 Å². The Morgan fingerprint density at radius 1 is 1.03 bits per heavy atom. The molecule has 0 unspecified atom stereocenters. The largest absolute Gasteiger partial charge is 0.490 e. The van der Waals surface area contributed by atoms with E-state index in [4.69, 9.17) is 4.74 Å². The second-order valence-corrected chi connectivity index (χ2v) is 5.88. The van der Waals surface area contributed by atoms with Crippen LogP contribution in [0.2, 0.25) is 0 Å². The van der Waals surface area contributed by atoms with Gasteiger partial charge in [-0.2, -0.15) is 0 Å². The number of rotatable bonds is 8. The summed E-state index contributed by atoms with van der Waals surface area (Å²) >= 11 is 0. The van der Waals surface area contributed by atoms with Crippen molar-refractivity contribution in [2.45, 2.75) is 6.42 Å². The Morgan fingerprint density at radius 3 is 2.20 bits per heavy atom. The Balaban J connectivity index is 2.23. The first-order valence-electron chi connectivity index (χ1n) is 8.51. The van der Waals surface area contributed by atoms with Crippen LogP contribution in [0.5, 0.6) is 5.75 Å². The number of nitrogens with zero attached hydrogens (tertiary/aromatic N) is 1. The Morgan fingerprint density at radius 2 is 1.63 bits per heavy atom. The minimum absolute atomic E-state index is 0.0371. The highest BCUT2D eigenvalue weighted by atomic mass is 19.1. The quantitative estimate of drug-likeness (QED) is 0.390. The zero-order valence-corrected chi connectivity index (χ0v) is 16.3. The molecule has 30 heavy (non-hydrogen) atoms. The summed E-state index contributed by atoms with van der Waals surface area (Å²) in [5, 5.41) is 13.9. The summed E-state index contributed by atoms with van der Waals surface area (Å²) in [5.41, 5.74) is -1.03. The predicted molar refractivity (Wildman–Crippen MR) is 101 cm³/mol. The molecule has 2 aromatic carbocycles. The number of nitrogens with one attached hydrogen (secondary N) is 1. The van der Waals surface area contributed by atoms with Crippen LogP contribution in [0.3, 0.4) is 0 Å².